The zero-order chi connectivity index (χ0) is 11.2. The van der Waals surface area contributed by atoms with E-state index in [0.29, 0.717) is 0 Å². The van der Waals surface area contributed by atoms with Crippen molar-refractivity contribution in [2.45, 2.75) is 24.3 Å². The molecular formula is C9H13N5S2. The van der Waals surface area contributed by atoms with Gasteiger partial charge in [-0.2, -0.15) is 0 Å². The lowest BCUT2D eigenvalue weighted by atomic mass is 10.4. The molecule has 2 aromatic rings. The summed E-state index contributed by atoms with van der Waals surface area (Å²) < 4.78 is 3.96. The predicted octanol–water partition coefficient (Wildman–Crippen LogP) is 2.38. The van der Waals surface area contributed by atoms with Gasteiger partial charge in [0.2, 0.25) is 0 Å². The number of nitrogens with zero attached hydrogens (tertiary/aromatic N) is 3. The number of nitrogens with one attached hydrogen (secondary N) is 2. The number of thioether (sulfide) groups is 1. The highest BCUT2D eigenvalue weighted by Gasteiger charge is 2.08. The Kier molecular flexibility index (Phi) is 4.17. The largest absolute Gasteiger partial charge is 0.374 e. The van der Waals surface area contributed by atoms with Gasteiger partial charge in [0, 0.05) is 36.2 Å². The number of aromatic amines is 1. The molecule has 0 bridgehead atoms. The van der Waals surface area contributed by atoms with Crippen LogP contribution in [0.3, 0.4) is 0 Å². The number of imidazole rings is 1. The molecule has 2 N–H and O–H groups in total. The summed E-state index contributed by atoms with van der Waals surface area (Å²) in [7, 11) is 0. The molecule has 2 aromatic heterocycles. The van der Waals surface area contributed by atoms with Crippen LogP contribution >= 0.6 is 23.3 Å². The summed E-state index contributed by atoms with van der Waals surface area (Å²) in [6.07, 6.45) is 4.67. The van der Waals surface area contributed by atoms with Gasteiger partial charge in [0.05, 0.1) is 0 Å². The summed E-state index contributed by atoms with van der Waals surface area (Å²) in [6.45, 7) is 3.10. The highest BCUT2D eigenvalue weighted by atomic mass is 32.2. The minimum atomic E-state index is 0.788. The SMILES string of the molecule is CCCNc1snnc1CSc1ncc[nH]1. The number of hydrogen-bond donors (Lipinski definition) is 2. The van der Waals surface area contributed by atoms with Crippen molar-refractivity contribution in [3.05, 3.63) is 18.1 Å². The van der Waals surface area contributed by atoms with Gasteiger partial charge in [0.1, 0.15) is 10.7 Å². The molecule has 2 heterocycles. The van der Waals surface area contributed by atoms with Crippen molar-refractivity contribution in [3.63, 3.8) is 0 Å². The molecule has 16 heavy (non-hydrogen) atoms. The van der Waals surface area contributed by atoms with E-state index in [9.17, 15) is 0 Å². The molecule has 5 nitrogen and oxygen atoms in total. The average Bonchev–Trinajstić information content (AvgIpc) is 2.94. The fraction of sp³-hybridized carbons (Fsp3) is 0.444. The molecule has 0 spiro atoms. The summed E-state index contributed by atoms with van der Waals surface area (Å²) in [6, 6.07) is 0. The molecule has 0 unspecified atom stereocenters. The molecule has 0 aliphatic heterocycles. The quantitative estimate of drug-likeness (QED) is 0.776. The molecule has 0 fully saturated rings. The molecule has 0 radical (unpaired) electrons. The van der Waals surface area contributed by atoms with E-state index in [2.05, 4.69) is 31.8 Å². The van der Waals surface area contributed by atoms with Crippen LogP contribution in [0.25, 0.3) is 0 Å². The lowest BCUT2D eigenvalue weighted by Gasteiger charge is -2.02. The Labute approximate surface area is 102 Å². The third-order valence-corrected chi connectivity index (χ3v) is 3.55. The molecule has 86 valence electrons. The van der Waals surface area contributed by atoms with Crippen LogP contribution in [0.4, 0.5) is 5.00 Å². The van der Waals surface area contributed by atoms with E-state index in [1.165, 1.54) is 11.5 Å². The van der Waals surface area contributed by atoms with Crippen LogP contribution in [-0.4, -0.2) is 26.1 Å². The Morgan fingerprint density at radius 1 is 1.56 bits per heavy atom. The summed E-state index contributed by atoms with van der Waals surface area (Å²) in [4.78, 5) is 7.20. The number of anilines is 1. The Morgan fingerprint density at radius 3 is 3.25 bits per heavy atom. The lowest BCUT2D eigenvalue weighted by molar-refractivity contribution is 0.975. The van der Waals surface area contributed by atoms with Crippen LogP contribution in [0.15, 0.2) is 17.6 Å². The van der Waals surface area contributed by atoms with Crippen LogP contribution < -0.4 is 5.32 Å². The number of H-pyrrole nitrogens is 1. The van der Waals surface area contributed by atoms with Gasteiger partial charge in [-0.25, -0.2) is 4.98 Å². The number of rotatable bonds is 6. The van der Waals surface area contributed by atoms with Crippen molar-refractivity contribution in [1.82, 2.24) is 19.6 Å². The van der Waals surface area contributed by atoms with Gasteiger partial charge in [-0.3, -0.25) is 0 Å². The van der Waals surface area contributed by atoms with Crippen LogP contribution in [-0.2, 0) is 5.75 Å². The first-order valence-corrected chi connectivity index (χ1v) is 6.83. The van der Waals surface area contributed by atoms with E-state index in [1.54, 1.807) is 18.0 Å². The topological polar surface area (TPSA) is 66.5 Å². The maximum atomic E-state index is 4.15. The molecule has 7 heteroatoms. The number of aromatic nitrogens is 4. The van der Waals surface area contributed by atoms with Crippen molar-refractivity contribution in [2.75, 3.05) is 11.9 Å². The zero-order valence-corrected chi connectivity index (χ0v) is 10.6. The molecule has 0 saturated heterocycles. The summed E-state index contributed by atoms with van der Waals surface area (Å²) >= 11 is 3.04. The maximum absolute atomic E-state index is 4.15. The molecule has 0 saturated carbocycles. The predicted molar refractivity (Wildman–Crippen MR) is 66.8 cm³/mol. The molecule has 0 amide bonds. The number of hydrogen-bond acceptors (Lipinski definition) is 6. The summed E-state index contributed by atoms with van der Waals surface area (Å²) in [5, 5.41) is 9.42. The first-order valence-electron chi connectivity index (χ1n) is 5.07. The second-order valence-electron chi connectivity index (χ2n) is 3.16. The van der Waals surface area contributed by atoms with Gasteiger partial charge in [0.15, 0.2) is 5.16 Å². The van der Waals surface area contributed by atoms with Gasteiger partial charge >= 0.3 is 0 Å². The first-order chi connectivity index (χ1) is 7.90. The van der Waals surface area contributed by atoms with Gasteiger partial charge in [-0.15, -0.1) is 5.10 Å². The van der Waals surface area contributed by atoms with Crippen molar-refractivity contribution in [3.8, 4) is 0 Å². The van der Waals surface area contributed by atoms with E-state index in [4.69, 9.17) is 0 Å². The fourth-order valence-electron chi connectivity index (χ4n) is 1.14. The fourth-order valence-corrected chi connectivity index (χ4v) is 2.60. The molecule has 0 aliphatic rings. The minimum absolute atomic E-state index is 0.788. The lowest BCUT2D eigenvalue weighted by Crippen LogP contribution is -2.00. The monoisotopic (exact) mass is 255 g/mol. The Morgan fingerprint density at radius 2 is 2.50 bits per heavy atom. The standard InChI is InChI=1S/C9H13N5S2/c1-2-3-10-8-7(13-14-16-8)6-15-9-11-4-5-12-9/h4-5,10H,2-3,6H2,1H3,(H,11,12). The Balaban J connectivity index is 1.91. The summed E-state index contributed by atoms with van der Waals surface area (Å²) in [5.74, 6) is 0.788. The van der Waals surface area contributed by atoms with E-state index in [1.807, 2.05) is 6.20 Å². The first kappa shape index (κ1) is 11.4. The van der Waals surface area contributed by atoms with Crippen LogP contribution in [0.2, 0.25) is 0 Å². The second kappa shape index (κ2) is 5.86. The highest BCUT2D eigenvalue weighted by molar-refractivity contribution is 7.98. The van der Waals surface area contributed by atoms with Crippen LogP contribution in [0, 0.1) is 0 Å². The smallest absolute Gasteiger partial charge is 0.165 e. The van der Waals surface area contributed by atoms with Gasteiger partial charge < -0.3 is 10.3 Å². The van der Waals surface area contributed by atoms with Gasteiger partial charge in [0.25, 0.3) is 0 Å². The molecular weight excluding hydrogens is 242 g/mol. The van der Waals surface area contributed by atoms with E-state index in [-0.39, 0.29) is 0 Å². The van der Waals surface area contributed by atoms with Gasteiger partial charge in [-0.1, -0.05) is 23.2 Å². The van der Waals surface area contributed by atoms with Crippen molar-refractivity contribution < 1.29 is 0 Å². The van der Waals surface area contributed by atoms with Crippen molar-refractivity contribution >= 4 is 28.3 Å². The van der Waals surface area contributed by atoms with E-state index in [0.717, 1.165) is 34.6 Å². The van der Waals surface area contributed by atoms with Gasteiger partial charge in [-0.05, 0) is 6.42 Å². The average molecular weight is 255 g/mol. The normalized spacial score (nSPS) is 10.6. The third kappa shape index (κ3) is 2.96. The molecule has 0 aliphatic carbocycles. The Hall–Kier alpha value is -1.08. The molecule has 0 aromatic carbocycles. The van der Waals surface area contributed by atoms with Crippen LogP contribution in [0.1, 0.15) is 19.0 Å². The second-order valence-corrected chi connectivity index (χ2v) is 4.88. The zero-order valence-electron chi connectivity index (χ0n) is 8.93. The highest BCUT2D eigenvalue weighted by Crippen LogP contribution is 2.25. The minimum Gasteiger partial charge on any atom is -0.374 e. The van der Waals surface area contributed by atoms with Crippen LogP contribution in [0.5, 0.6) is 0 Å². The molecule has 0 atom stereocenters. The van der Waals surface area contributed by atoms with Crippen molar-refractivity contribution in [2.24, 2.45) is 0 Å². The van der Waals surface area contributed by atoms with E-state index < -0.39 is 0 Å². The maximum Gasteiger partial charge on any atom is 0.165 e. The molecule has 2 rings (SSSR count). The summed E-state index contributed by atoms with van der Waals surface area (Å²) in [5.41, 5.74) is 1.000. The van der Waals surface area contributed by atoms with Crippen molar-refractivity contribution in [1.29, 1.82) is 0 Å². The third-order valence-electron chi connectivity index (χ3n) is 1.91. The van der Waals surface area contributed by atoms with E-state index >= 15 is 0 Å². The Bertz CT molecular complexity index is 411.